The zero-order chi connectivity index (χ0) is 19.3. The Bertz CT molecular complexity index is 631. The number of aryl methyl sites for hydroxylation is 1. The van der Waals surface area contributed by atoms with Gasteiger partial charge in [0.25, 0.3) is 0 Å². The lowest BCUT2D eigenvalue weighted by atomic mass is 9.80. The van der Waals surface area contributed by atoms with Crippen molar-refractivity contribution in [3.63, 3.8) is 0 Å². The first kappa shape index (κ1) is 20.0. The second-order valence-corrected chi connectivity index (χ2v) is 8.25. The Kier molecular flexibility index (Phi) is 6.60. The van der Waals surface area contributed by atoms with Gasteiger partial charge in [0.2, 0.25) is 0 Å². The molecule has 2 amide bonds. The minimum absolute atomic E-state index is 0.0525. The van der Waals surface area contributed by atoms with Crippen molar-refractivity contribution in [2.24, 2.45) is 11.3 Å². The van der Waals surface area contributed by atoms with Crippen LogP contribution in [0.5, 0.6) is 0 Å². The zero-order valence-corrected chi connectivity index (χ0v) is 16.6. The Morgan fingerprint density at radius 2 is 2.19 bits per heavy atom. The maximum atomic E-state index is 12.5. The van der Waals surface area contributed by atoms with Crippen LogP contribution in [0.3, 0.4) is 0 Å². The molecule has 0 saturated carbocycles. The molecule has 6 nitrogen and oxygen atoms in total. The number of aliphatic hydroxyl groups is 1. The van der Waals surface area contributed by atoms with E-state index in [4.69, 9.17) is 4.74 Å². The average molecular weight is 376 g/mol. The quantitative estimate of drug-likeness (QED) is 0.800. The number of hydrogen-bond donors (Lipinski definition) is 2. The second kappa shape index (κ2) is 8.93. The summed E-state index contributed by atoms with van der Waals surface area (Å²) in [6.07, 6.45) is 2.69. The van der Waals surface area contributed by atoms with Crippen LogP contribution in [-0.4, -0.2) is 69.1 Å². The summed E-state index contributed by atoms with van der Waals surface area (Å²) < 4.78 is 5.40. The SMILES string of the molecule is Cc1cccc(N2CCC(CNC(=O)N(C)CC3(CO)CCOCC3)C2)c1. The van der Waals surface area contributed by atoms with Gasteiger partial charge in [-0.25, -0.2) is 4.79 Å². The standard InChI is InChI=1S/C21H33N3O3/c1-17-4-3-5-19(12-17)24-9-6-18(14-24)13-22-20(26)23(2)15-21(16-25)7-10-27-11-8-21/h3-5,12,18,25H,6-11,13-16H2,1-2H3,(H,22,26). The summed E-state index contributed by atoms with van der Waals surface area (Å²) in [6, 6.07) is 8.54. The highest BCUT2D eigenvalue weighted by Crippen LogP contribution is 2.30. The molecule has 2 heterocycles. The van der Waals surface area contributed by atoms with Crippen LogP contribution in [0, 0.1) is 18.3 Å². The summed E-state index contributed by atoms with van der Waals surface area (Å²) in [7, 11) is 1.82. The first-order valence-electron chi connectivity index (χ1n) is 10.0. The number of amides is 2. The Hall–Kier alpha value is -1.79. The molecule has 1 aromatic carbocycles. The average Bonchev–Trinajstić information content (AvgIpc) is 3.16. The molecule has 150 valence electrons. The van der Waals surface area contributed by atoms with Crippen molar-refractivity contribution < 1.29 is 14.6 Å². The predicted octanol–water partition coefficient (Wildman–Crippen LogP) is 2.25. The number of carbonyl (C=O) groups excluding carboxylic acids is 1. The fraction of sp³-hybridized carbons (Fsp3) is 0.667. The van der Waals surface area contributed by atoms with Crippen LogP contribution in [0.25, 0.3) is 0 Å². The number of carbonyl (C=O) groups is 1. The topological polar surface area (TPSA) is 65.0 Å². The number of nitrogens with one attached hydrogen (secondary N) is 1. The van der Waals surface area contributed by atoms with Gasteiger partial charge >= 0.3 is 6.03 Å². The number of benzene rings is 1. The van der Waals surface area contributed by atoms with Crippen LogP contribution >= 0.6 is 0 Å². The number of hydrogen-bond acceptors (Lipinski definition) is 4. The van der Waals surface area contributed by atoms with Crippen molar-refractivity contribution in [2.75, 3.05) is 57.9 Å². The van der Waals surface area contributed by atoms with Crippen LogP contribution in [0.1, 0.15) is 24.8 Å². The van der Waals surface area contributed by atoms with Gasteiger partial charge in [-0.1, -0.05) is 12.1 Å². The molecule has 1 unspecified atom stereocenters. The fourth-order valence-corrected chi connectivity index (χ4v) is 4.17. The van der Waals surface area contributed by atoms with Gasteiger partial charge in [-0.2, -0.15) is 0 Å². The van der Waals surface area contributed by atoms with Gasteiger partial charge in [0, 0.05) is 57.5 Å². The first-order valence-corrected chi connectivity index (χ1v) is 10.0. The molecular formula is C21H33N3O3. The van der Waals surface area contributed by atoms with Crippen LogP contribution in [0.2, 0.25) is 0 Å². The van der Waals surface area contributed by atoms with Gasteiger partial charge in [0.15, 0.2) is 0 Å². The third kappa shape index (κ3) is 5.14. The van der Waals surface area contributed by atoms with E-state index in [2.05, 4.69) is 41.4 Å². The second-order valence-electron chi connectivity index (χ2n) is 8.25. The molecule has 2 N–H and O–H groups in total. The van der Waals surface area contributed by atoms with Crippen molar-refractivity contribution >= 4 is 11.7 Å². The van der Waals surface area contributed by atoms with E-state index in [1.54, 1.807) is 4.90 Å². The minimum atomic E-state index is -0.223. The maximum absolute atomic E-state index is 12.5. The van der Waals surface area contributed by atoms with E-state index in [-0.39, 0.29) is 18.1 Å². The summed E-state index contributed by atoms with van der Waals surface area (Å²) in [4.78, 5) is 16.6. The molecule has 2 fully saturated rings. The summed E-state index contributed by atoms with van der Waals surface area (Å²) in [5, 5.41) is 12.9. The molecule has 0 spiro atoms. The summed E-state index contributed by atoms with van der Waals surface area (Å²) >= 11 is 0. The van der Waals surface area contributed by atoms with Crippen LogP contribution in [0.4, 0.5) is 10.5 Å². The number of rotatable bonds is 6. The van der Waals surface area contributed by atoms with E-state index in [9.17, 15) is 9.90 Å². The van der Waals surface area contributed by atoms with Crippen molar-refractivity contribution in [1.82, 2.24) is 10.2 Å². The lowest BCUT2D eigenvalue weighted by molar-refractivity contribution is -0.0261. The highest BCUT2D eigenvalue weighted by atomic mass is 16.5. The van der Waals surface area contributed by atoms with E-state index in [1.807, 2.05) is 7.05 Å². The molecule has 2 saturated heterocycles. The molecule has 1 atom stereocenters. The third-order valence-corrected chi connectivity index (χ3v) is 6.00. The van der Waals surface area contributed by atoms with E-state index < -0.39 is 0 Å². The van der Waals surface area contributed by atoms with Gasteiger partial charge in [-0.05, 0) is 49.8 Å². The van der Waals surface area contributed by atoms with E-state index in [1.165, 1.54) is 11.3 Å². The summed E-state index contributed by atoms with van der Waals surface area (Å²) in [6.45, 7) is 6.81. The van der Waals surface area contributed by atoms with Crippen LogP contribution in [-0.2, 0) is 4.74 Å². The normalized spacial score (nSPS) is 21.9. The Balaban J connectivity index is 1.45. The van der Waals surface area contributed by atoms with Crippen molar-refractivity contribution in [3.05, 3.63) is 29.8 Å². The van der Waals surface area contributed by atoms with E-state index in [0.29, 0.717) is 32.2 Å². The predicted molar refractivity (Wildman–Crippen MR) is 107 cm³/mol. The maximum Gasteiger partial charge on any atom is 0.317 e. The van der Waals surface area contributed by atoms with Gasteiger partial charge < -0.3 is 25.0 Å². The number of anilines is 1. The van der Waals surface area contributed by atoms with Gasteiger partial charge in [0.1, 0.15) is 0 Å². The van der Waals surface area contributed by atoms with Gasteiger partial charge in [-0.3, -0.25) is 0 Å². The molecule has 6 heteroatoms. The van der Waals surface area contributed by atoms with Gasteiger partial charge in [-0.15, -0.1) is 0 Å². The lowest BCUT2D eigenvalue weighted by Gasteiger charge is -2.38. The molecule has 2 aliphatic rings. The van der Waals surface area contributed by atoms with Crippen molar-refractivity contribution in [3.8, 4) is 0 Å². The van der Waals surface area contributed by atoms with Crippen molar-refractivity contribution in [2.45, 2.75) is 26.2 Å². The molecule has 0 bridgehead atoms. The number of aliphatic hydroxyl groups excluding tert-OH is 1. The number of ether oxygens (including phenoxy) is 1. The monoisotopic (exact) mass is 375 g/mol. The minimum Gasteiger partial charge on any atom is -0.396 e. The molecule has 0 radical (unpaired) electrons. The van der Waals surface area contributed by atoms with Crippen molar-refractivity contribution in [1.29, 1.82) is 0 Å². The van der Waals surface area contributed by atoms with E-state index in [0.717, 1.165) is 32.4 Å². The number of urea groups is 1. The molecule has 27 heavy (non-hydrogen) atoms. The largest absolute Gasteiger partial charge is 0.396 e. The smallest absolute Gasteiger partial charge is 0.317 e. The third-order valence-electron chi connectivity index (χ3n) is 6.00. The summed E-state index contributed by atoms with van der Waals surface area (Å²) in [5.41, 5.74) is 2.32. The Labute approximate surface area is 162 Å². The lowest BCUT2D eigenvalue weighted by Crippen LogP contribution is -2.48. The molecule has 1 aromatic rings. The van der Waals surface area contributed by atoms with E-state index >= 15 is 0 Å². The van der Waals surface area contributed by atoms with Gasteiger partial charge in [0.05, 0.1) is 6.61 Å². The first-order chi connectivity index (χ1) is 13.0. The molecule has 3 rings (SSSR count). The molecular weight excluding hydrogens is 342 g/mol. The molecule has 0 aromatic heterocycles. The van der Waals surface area contributed by atoms with Crippen LogP contribution in [0.15, 0.2) is 24.3 Å². The molecule has 0 aliphatic carbocycles. The molecule has 2 aliphatic heterocycles. The fourth-order valence-electron chi connectivity index (χ4n) is 4.17. The number of nitrogens with zero attached hydrogens (tertiary/aromatic N) is 2. The van der Waals surface area contributed by atoms with Crippen LogP contribution < -0.4 is 10.2 Å². The Morgan fingerprint density at radius 3 is 2.89 bits per heavy atom. The zero-order valence-electron chi connectivity index (χ0n) is 16.6. The Morgan fingerprint density at radius 1 is 1.41 bits per heavy atom. The highest BCUT2D eigenvalue weighted by Gasteiger charge is 2.34. The highest BCUT2D eigenvalue weighted by molar-refractivity contribution is 5.73. The summed E-state index contributed by atoms with van der Waals surface area (Å²) in [5.74, 6) is 0.470.